The molecule has 0 spiro atoms. The number of sulfonamides is 1. The molecule has 0 heterocycles. The topological polar surface area (TPSA) is 113 Å². The van der Waals surface area contributed by atoms with Crippen molar-refractivity contribution in [1.82, 2.24) is 4.72 Å². The smallest absolute Gasteiger partial charge is 0.258 e. The Morgan fingerprint density at radius 2 is 2.00 bits per heavy atom. The first-order chi connectivity index (χ1) is 10.8. The highest BCUT2D eigenvalue weighted by Crippen LogP contribution is 2.21. The quantitative estimate of drug-likeness (QED) is 0.667. The fourth-order valence-electron chi connectivity index (χ4n) is 2.00. The normalized spacial score (nSPS) is 11.0. The zero-order chi connectivity index (χ0) is 17.0. The van der Waals surface area contributed by atoms with Crippen molar-refractivity contribution in [2.24, 2.45) is 0 Å². The molecule has 2 aromatic carbocycles. The number of nitro benzene ring substituents is 1. The van der Waals surface area contributed by atoms with Crippen LogP contribution in [0.2, 0.25) is 0 Å². The summed E-state index contributed by atoms with van der Waals surface area (Å²) in [6.07, 6.45) is 0. The van der Waals surface area contributed by atoms with E-state index in [1.54, 1.807) is 31.2 Å². The first-order valence-electron chi connectivity index (χ1n) is 6.57. The minimum atomic E-state index is -3.90. The third-order valence-corrected chi connectivity index (χ3v) is 4.74. The van der Waals surface area contributed by atoms with Crippen LogP contribution in [0.25, 0.3) is 0 Å². The summed E-state index contributed by atoms with van der Waals surface area (Å²) < 4.78 is 27.1. The Labute approximate surface area is 133 Å². The maximum absolute atomic E-state index is 12.4. The molecule has 0 saturated carbocycles. The summed E-state index contributed by atoms with van der Waals surface area (Å²) >= 11 is 0. The van der Waals surface area contributed by atoms with E-state index in [0.29, 0.717) is 16.7 Å². The van der Waals surface area contributed by atoms with Crippen molar-refractivity contribution in [3.63, 3.8) is 0 Å². The highest BCUT2D eigenvalue weighted by molar-refractivity contribution is 7.89. The van der Waals surface area contributed by atoms with Crippen LogP contribution in [0.5, 0.6) is 0 Å². The molecule has 0 aliphatic rings. The fourth-order valence-corrected chi connectivity index (χ4v) is 3.28. The largest absolute Gasteiger partial charge is 0.270 e. The molecular weight excluding hydrogens is 318 g/mol. The molecule has 0 saturated heterocycles. The lowest BCUT2D eigenvalue weighted by Gasteiger charge is -2.09. The van der Waals surface area contributed by atoms with Crippen LogP contribution >= 0.6 is 0 Å². The molecule has 0 bridgehead atoms. The minimum absolute atomic E-state index is 0.0139. The zero-order valence-corrected chi connectivity index (χ0v) is 13.0. The van der Waals surface area contributed by atoms with E-state index in [4.69, 9.17) is 5.26 Å². The maximum Gasteiger partial charge on any atom is 0.270 e. The molecule has 0 aliphatic heterocycles. The highest BCUT2D eigenvalue weighted by atomic mass is 32.2. The van der Waals surface area contributed by atoms with E-state index in [0.717, 1.165) is 6.07 Å². The summed E-state index contributed by atoms with van der Waals surface area (Å²) in [4.78, 5) is 10.0. The van der Waals surface area contributed by atoms with Crippen molar-refractivity contribution in [2.75, 3.05) is 0 Å². The molecule has 0 aliphatic carbocycles. The molecule has 0 unspecified atom stereocenters. The van der Waals surface area contributed by atoms with E-state index >= 15 is 0 Å². The number of non-ortho nitro benzene ring substituents is 1. The van der Waals surface area contributed by atoms with E-state index in [1.807, 2.05) is 6.07 Å². The number of rotatable bonds is 5. The molecule has 0 radical (unpaired) electrons. The van der Waals surface area contributed by atoms with Gasteiger partial charge in [-0.15, -0.1) is 0 Å². The molecule has 2 rings (SSSR count). The summed E-state index contributed by atoms with van der Waals surface area (Å²) in [6, 6.07) is 12.2. The molecule has 23 heavy (non-hydrogen) atoms. The molecular formula is C15H13N3O4S. The van der Waals surface area contributed by atoms with Crippen molar-refractivity contribution in [2.45, 2.75) is 18.4 Å². The number of nitriles is 1. The molecule has 2 aromatic rings. The van der Waals surface area contributed by atoms with E-state index in [1.165, 1.54) is 12.1 Å². The third-order valence-electron chi connectivity index (χ3n) is 3.19. The van der Waals surface area contributed by atoms with Gasteiger partial charge in [0.2, 0.25) is 10.0 Å². The van der Waals surface area contributed by atoms with Crippen LogP contribution in [0.1, 0.15) is 16.7 Å². The van der Waals surface area contributed by atoms with E-state index in [-0.39, 0.29) is 17.1 Å². The predicted molar refractivity (Wildman–Crippen MR) is 83.0 cm³/mol. The monoisotopic (exact) mass is 331 g/mol. The lowest BCUT2D eigenvalue weighted by molar-refractivity contribution is -0.385. The van der Waals surface area contributed by atoms with Crippen molar-refractivity contribution < 1.29 is 13.3 Å². The number of aryl methyl sites for hydroxylation is 1. The highest BCUT2D eigenvalue weighted by Gasteiger charge is 2.20. The van der Waals surface area contributed by atoms with Gasteiger partial charge in [-0.1, -0.05) is 18.2 Å². The Morgan fingerprint density at radius 3 is 2.65 bits per heavy atom. The molecule has 0 amide bonds. The number of nitrogens with zero attached hydrogens (tertiary/aromatic N) is 2. The second kappa shape index (κ2) is 6.56. The molecule has 1 N–H and O–H groups in total. The van der Waals surface area contributed by atoms with Gasteiger partial charge in [-0.05, 0) is 30.2 Å². The number of nitro groups is 1. The Hall–Kier alpha value is -2.76. The van der Waals surface area contributed by atoms with Crippen molar-refractivity contribution in [3.05, 3.63) is 69.3 Å². The Morgan fingerprint density at radius 1 is 1.26 bits per heavy atom. The second-order valence-electron chi connectivity index (χ2n) is 4.84. The van der Waals surface area contributed by atoms with Crippen LogP contribution in [0.4, 0.5) is 5.69 Å². The Bertz CT molecular complexity index is 901. The zero-order valence-electron chi connectivity index (χ0n) is 12.2. The van der Waals surface area contributed by atoms with Crippen LogP contribution in [0, 0.1) is 28.4 Å². The standard InChI is InChI=1S/C15H13N3O4S/c1-11-5-6-14(18(19)20)8-15(11)23(21,22)17-10-13-4-2-3-12(7-13)9-16/h2-8,17H,10H2,1H3. The summed E-state index contributed by atoms with van der Waals surface area (Å²) in [6.45, 7) is 1.55. The first kappa shape index (κ1) is 16.6. The molecule has 8 heteroatoms. The molecule has 7 nitrogen and oxygen atoms in total. The summed E-state index contributed by atoms with van der Waals surface area (Å²) in [5.74, 6) is 0. The summed E-state index contributed by atoms with van der Waals surface area (Å²) in [5.41, 5.74) is 1.17. The number of hydrogen-bond acceptors (Lipinski definition) is 5. The van der Waals surface area contributed by atoms with Gasteiger partial charge in [0.05, 0.1) is 21.5 Å². The maximum atomic E-state index is 12.4. The number of hydrogen-bond donors (Lipinski definition) is 1. The Balaban J connectivity index is 2.27. The average Bonchev–Trinajstić information content (AvgIpc) is 2.53. The van der Waals surface area contributed by atoms with Gasteiger partial charge in [-0.3, -0.25) is 10.1 Å². The van der Waals surface area contributed by atoms with Crippen molar-refractivity contribution >= 4 is 15.7 Å². The average molecular weight is 331 g/mol. The van der Waals surface area contributed by atoms with Crippen LogP contribution in [0.3, 0.4) is 0 Å². The van der Waals surface area contributed by atoms with Crippen LogP contribution in [-0.2, 0) is 16.6 Å². The van der Waals surface area contributed by atoms with Gasteiger partial charge in [-0.2, -0.15) is 5.26 Å². The SMILES string of the molecule is Cc1ccc([N+](=O)[O-])cc1S(=O)(=O)NCc1cccc(C#N)c1. The van der Waals surface area contributed by atoms with Crippen LogP contribution < -0.4 is 4.72 Å². The van der Waals surface area contributed by atoms with Crippen molar-refractivity contribution in [3.8, 4) is 6.07 Å². The molecule has 118 valence electrons. The Kier molecular flexibility index (Phi) is 4.74. The molecule has 0 fully saturated rings. The summed E-state index contributed by atoms with van der Waals surface area (Å²) in [5, 5.41) is 19.6. The minimum Gasteiger partial charge on any atom is -0.258 e. The summed E-state index contributed by atoms with van der Waals surface area (Å²) in [7, 11) is -3.90. The third kappa shape index (κ3) is 3.91. The molecule has 0 atom stereocenters. The lowest BCUT2D eigenvalue weighted by atomic mass is 10.1. The fraction of sp³-hybridized carbons (Fsp3) is 0.133. The lowest BCUT2D eigenvalue weighted by Crippen LogP contribution is -2.24. The van der Waals surface area contributed by atoms with Gasteiger partial charge in [0.25, 0.3) is 5.69 Å². The van der Waals surface area contributed by atoms with Crippen LogP contribution in [0.15, 0.2) is 47.4 Å². The van der Waals surface area contributed by atoms with Gasteiger partial charge in [0.15, 0.2) is 0 Å². The van der Waals surface area contributed by atoms with Crippen LogP contribution in [-0.4, -0.2) is 13.3 Å². The van der Waals surface area contributed by atoms with E-state index in [2.05, 4.69) is 4.72 Å². The number of nitrogens with one attached hydrogen (secondary N) is 1. The van der Waals surface area contributed by atoms with Crippen molar-refractivity contribution in [1.29, 1.82) is 5.26 Å². The van der Waals surface area contributed by atoms with E-state index in [9.17, 15) is 18.5 Å². The second-order valence-corrected chi connectivity index (χ2v) is 6.58. The van der Waals surface area contributed by atoms with Gasteiger partial charge in [0.1, 0.15) is 0 Å². The number of benzene rings is 2. The van der Waals surface area contributed by atoms with Gasteiger partial charge < -0.3 is 0 Å². The molecule has 0 aromatic heterocycles. The first-order valence-corrected chi connectivity index (χ1v) is 8.05. The van der Waals surface area contributed by atoms with Gasteiger partial charge >= 0.3 is 0 Å². The van der Waals surface area contributed by atoms with E-state index < -0.39 is 14.9 Å². The predicted octanol–water partition coefficient (Wildman–Crippen LogP) is 2.25. The van der Waals surface area contributed by atoms with Gasteiger partial charge in [-0.25, -0.2) is 13.1 Å². The van der Waals surface area contributed by atoms with Gasteiger partial charge in [0, 0.05) is 18.7 Å².